The molecule has 37 heavy (non-hydrogen) atoms. The molecular weight excluding hydrogens is 489 g/mol. The third-order valence-corrected chi connectivity index (χ3v) is 8.82. The third kappa shape index (κ3) is 6.18. The van der Waals surface area contributed by atoms with Gasteiger partial charge < -0.3 is 15.1 Å². The molecule has 2 saturated heterocycles. The lowest BCUT2D eigenvalue weighted by Crippen LogP contribution is -2.37. The minimum Gasteiger partial charge on any atom is -0.349 e. The molecule has 1 saturated carbocycles. The van der Waals surface area contributed by atoms with Crippen molar-refractivity contribution >= 4 is 23.4 Å². The predicted octanol–water partition coefficient (Wildman–Crippen LogP) is 5.70. The zero-order chi connectivity index (χ0) is 25.8. The van der Waals surface area contributed by atoms with Crippen molar-refractivity contribution in [3.05, 3.63) is 70.5 Å². The van der Waals surface area contributed by atoms with Gasteiger partial charge in [0.05, 0.1) is 16.6 Å². The van der Waals surface area contributed by atoms with E-state index in [0.717, 1.165) is 57.3 Å². The molecule has 3 aliphatic rings. The van der Waals surface area contributed by atoms with Gasteiger partial charge in [-0.2, -0.15) is 0 Å². The van der Waals surface area contributed by atoms with E-state index in [4.69, 9.17) is 11.6 Å². The number of carbonyl (C=O) groups excluding carboxylic acids is 2. The predicted molar refractivity (Wildman–Crippen MR) is 144 cm³/mol. The highest BCUT2D eigenvalue weighted by atomic mass is 35.5. The summed E-state index contributed by atoms with van der Waals surface area (Å²) >= 11 is 6.14. The molecule has 2 unspecified atom stereocenters. The zero-order valence-electron chi connectivity index (χ0n) is 21.4. The largest absolute Gasteiger partial charge is 0.349 e. The van der Waals surface area contributed by atoms with E-state index in [2.05, 4.69) is 22.3 Å². The van der Waals surface area contributed by atoms with Crippen LogP contribution >= 0.6 is 11.6 Å². The number of halogens is 2. The standard InChI is InChI=1S/C30H37ClFN3O2/c31-25-13-8-14-26(32)28(25)30(37)35-19-23-17-34(18-24(23)20-35)16-15-27(21-9-6-3-7-10-21)33-29(36)22-11-4-1-2-5-12-22/h3,6-10,13-14,22-24,27H,1-2,4-5,11-12,15-20H2,(H,33,36)/t23-,24?,27?/m0/s1. The van der Waals surface area contributed by atoms with Crippen molar-refractivity contribution in [3.8, 4) is 0 Å². The molecule has 3 fully saturated rings. The normalized spacial score (nSPS) is 23.5. The number of hydrogen-bond donors (Lipinski definition) is 1. The first-order valence-corrected chi connectivity index (χ1v) is 14.2. The SMILES string of the molecule is O=C(NC(CCN1CC2CN(C(=O)c3c(F)cccc3Cl)C[C@@H]2C1)c1ccccc1)C1CCCCCC1. The molecule has 5 nitrogen and oxygen atoms in total. The molecule has 5 rings (SSSR count). The van der Waals surface area contributed by atoms with Crippen LogP contribution in [0, 0.1) is 23.6 Å². The van der Waals surface area contributed by atoms with Gasteiger partial charge >= 0.3 is 0 Å². The number of nitrogens with one attached hydrogen (secondary N) is 1. The maximum Gasteiger partial charge on any atom is 0.258 e. The molecule has 2 aromatic carbocycles. The average Bonchev–Trinajstić information content (AvgIpc) is 3.34. The summed E-state index contributed by atoms with van der Waals surface area (Å²) in [5.74, 6) is 0.222. The van der Waals surface area contributed by atoms with E-state index < -0.39 is 5.82 Å². The number of amides is 2. The Hall–Kier alpha value is -2.44. The van der Waals surface area contributed by atoms with Gasteiger partial charge in [-0.1, -0.05) is 73.7 Å². The Labute approximate surface area is 224 Å². The van der Waals surface area contributed by atoms with Crippen LogP contribution in [0.25, 0.3) is 0 Å². The summed E-state index contributed by atoms with van der Waals surface area (Å²) < 4.78 is 14.3. The van der Waals surface area contributed by atoms with Crippen LogP contribution in [0.15, 0.2) is 48.5 Å². The van der Waals surface area contributed by atoms with Crippen LogP contribution in [0.1, 0.15) is 66.9 Å². The molecule has 2 aliphatic heterocycles. The molecule has 0 spiro atoms. The van der Waals surface area contributed by atoms with Crippen LogP contribution in [0.2, 0.25) is 5.02 Å². The molecule has 0 bridgehead atoms. The lowest BCUT2D eigenvalue weighted by Gasteiger charge is -2.26. The highest BCUT2D eigenvalue weighted by Crippen LogP contribution is 2.34. The van der Waals surface area contributed by atoms with Crippen molar-refractivity contribution in [2.45, 2.75) is 51.0 Å². The van der Waals surface area contributed by atoms with Gasteiger partial charge in [-0.05, 0) is 48.8 Å². The second-order valence-electron chi connectivity index (χ2n) is 11.0. The molecule has 3 atom stereocenters. The minimum atomic E-state index is -0.561. The van der Waals surface area contributed by atoms with Crippen LogP contribution < -0.4 is 5.32 Å². The topological polar surface area (TPSA) is 52.7 Å². The highest BCUT2D eigenvalue weighted by molar-refractivity contribution is 6.33. The third-order valence-electron chi connectivity index (χ3n) is 8.50. The Bertz CT molecular complexity index is 1060. The van der Waals surface area contributed by atoms with Gasteiger partial charge in [0.25, 0.3) is 5.91 Å². The number of hydrogen-bond acceptors (Lipinski definition) is 3. The first-order valence-electron chi connectivity index (χ1n) is 13.8. The zero-order valence-corrected chi connectivity index (χ0v) is 22.1. The number of likely N-dealkylation sites (tertiary alicyclic amines) is 2. The lowest BCUT2D eigenvalue weighted by atomic mass is 9.97. The van der Waals surface area contributed by atoms with Gasteiger partial charge in [-0.15, -0.1) is 0 Å². The molecule has 0 radical (unpaired) electrons. The fourth-order valence-corrected chi connectivity index (χ4v) is 6.69. The summed E-state index contributed by atoms with van der Waals surface area (Å²) in [4.78, 5) is 30.4. The monoisotopic (exact) mass is 525 g/mol. The molecule has 1 aliphatic carbocycles. The molecule has 1 N–H and O–H groups in total. The smallest absolute Gasteiger partial charge is 0.258 e. The number of carbonyl (C=O) groups is 2. The van der Waals surface area contributed by atoms with E-state index in [9.17, 15) is 14.0 Å². The van der Waals surface area contributed by atoms with Gasteiger partial charge in [0.15, 0.2) is 0 Å². The Kier molecular flexibility index (Phi) is 8.46. The van der Waals surface area contributed by atoms with Crippen molar-refractivity contribution in [2.24, 2.45) is 17.8 Å². The van der Waals surface area contributed by atoms with Crippen LogP contribution in [0.3, 0.4) is 0 Å². The Morgan fingerprint density at radius 1 is 0.919 bits per heavy atom. The van der Waals surface area contributed by atoms with Crippen molar-refractivity contribution in [1.29, 1.82) is 0 Å². The van der Waals surface area contributed by atoms with Crippen molar-refractivity contribution < 1.29 is 14.0 Å². The molecule has 2 amide bonds. The average molecular weight is 526 g/mol. The fraction of sp³-hybridized carbons (Fsp3) is 0.533. The van der Waals surface area contributed by atoms with E-state index in [1.165, 1.54) is 25.0 Å². The molecule has 2 heterocycles. The minimum absolute atomic E-state index is 0.00123. The fourth-order valence-electron chi connectivity index (χ4n) is 6.45. The summed E-state index contributed by atoms with van der Waals surface area (Å²) in [7, 11) is 0. The number of benzene rings is 2. The highest BCUT2D eigenvalue weighted by Gasteiger charge is 2.42. The first-order chi connectivity index (χ1) is 18.0. The second-order valence-corrected chi connectivity index (χ2v) is 11.4. The summed E-state index contributed by atoms with van der Waals surface area (Å²) in [6, 6.07) is 14.7. The van der Waals surface area contributed by atoms with Crippen LogP contribution in [0.5, 0.6) is 0 Å². The Morgan fingerprint density at radius 3 is 2.24 bits per heavy atom. The van der Waals surface area contributed by atoms with Gasteiger partial charge in [0.2, 0.25) is 5.91 Å². The van der Waals surface area contributed by atoms with Gasteiger partial charge in [0, 0.05) is 38.6 Å². The molecule has 2 aromatic rings. The van der Waals surface area contributed by atoms with Gasteiger partial charge in [0.1, 0.15) is 5.82 Å². The first kappa shape index (κ1) is 26.2. The van der Waals surface area contributed by atoms with Gasteiger partial charge in [-0.3, -0.25) is 9.59 Å². The van der Waals surface area contributed by atoms with E-state index in [1.807, 2.05) is 18.2 Å². The van der Waals surface area contributed by atoms with E-state index in [1.54, 1.807) is 11.0 Å². The van der Waals surface area contributed by atoms with Crippen molar-refractivity contribution in [2.75, 3.05) is 32.7 Å². The lowest BCUT2D eigenvalue weighted by molar-refractivity contribution is -0.126. The van der Waals surface area contributed by atoms with Crippen molar-refractivity contribution in [1.82, 2.24) is 15.1 Å². The van der Waals surface area contributed by atoms with Crippen LogP contribution in [0.4, 0.5) is 4.39 Å². The number of fused-ring (bicyclic) bond motifs is 1. The Morgan fingerprint density at radius 2 is 1.59 bits per heavy atom. The number of nitrogens with zero attached hydrogens (tertiary/aromatic N) is 2. The van der Waals surface area contributed by atoms with Crippen LogP contribution in [-0.4, -0.2) is 54.3 Å². The maximum absolute atomic E-state index is 14.3. The summed E-state index contributed by atoms with van der Waals surface area (Å²) in [6.45, 7) is 3.98. The maximum atomic E-state index is 14.3. The van der Waals surface area contributed by atoms with E-state index >= 15 is 0 Å². The summed E-state index contributed by atoms with van der Waals surface area (Å²) in [6.07, 6.45) is 7.61. The molecule has 0 aromatic heterocycles. The van der Waals surface area contributed by atoms with E-state index in [0.29, 0.717) is 24.9 Å². The second kappa shape index (κ2) is 12.0. The Balaban J connectivity index is 1.17. The number of rotatable bonds is 7. The summed E-state index contributed by atoms with van der Waals surface area (Å²) in [5.41, 5.74) is 1.14. The van der Waals surface area contributed by atoms with Crippen LogP contribution in [-0.2, 0) is 4.79 Å². The molecule has 7 heteroatoms. The van der Waals surface area contributed by atoms with Gasteiger partial charge in [-0.25, -0.2) is 4.39 Å². The summed E-state index contributed by atoms with van der Waals surface area (Å²) in [5, 5.41) is 3.56. The van der Waals surface area contributed by atoms with E-state index in [-0.39, 0.29) is 34.4 Å². The quantitative estimate of drug-likeness (QED) is 0.472. The molecule has 198 valence electrons. The van der Waals surface area contributed by atoms with Crippen molar-refractivity contribution in [3.63, 3.8) is 0 Å². The molecular formula is C30H37ClFN3O2.